The molecule has 6 aromatic carbocycles. The van der Waals surface area contributed by atoms with Crippen molar-refractivity contribution < 1.29 is 94.9 Å². The second-order valence-corrected chi connectivity index (χ2v) is 35.1. The van der Waals surface area contributed by atoms with Crippen molar-refractivity contribution in [2.24, 2.45) is 5.73 Å². The molecule has 31 nitrogen and oxygen atoms in total. The maximum Gasteiger partial charge on any atom is 0.369 e. The van der Waals surface area contributed by atoms with E-state index in [0.29, 0.717) is 27.2 Å². The first-order valence-corrected chi connectivity index (χ1v) is 38.9. The summed E-state index contributed by atoms with van der Waals surface area (Å²) in [5.41, 5.74) is -6.36. The molecule has 9 rings (SSSR count). The Hall–Kier alpha value is -7.03. The number of alkyl halides is 6. The lowest BCUT2D eigenvalue weighted by Crippen LogP contribution is -2.34. The Labute approximate surface area is 679 Å². The predicted octanol–water partition coefficient (Wildman–Crippen LogP) is 13.2. The Kier molecular flexibility index (Phi) is 39.5. The van der Waals surface area contributed by atoms with Crippen LogP contribution in [0.25, 0.3) is 17.1 Å². The van der Waals surface area contributed by atoms with Crippen molar-refractivity contribution in [3.63, 3.8) is 0 Å². The number of phenols is 2. The fourth-order valence-electron chi connectivity index (χ4n) is 7.75. The van der Waals surface area contributed by atoms with E-state index in [9.17, 15) is 90.6 Å². The van der Waals surface area contributed by atoms with Gasteiger partial charge in [-0.1, -0.05) is 84.5 Å². The number of sulfonamides is 1. The minimum atomic E-state index is -4.29. The van der Waals surface area contributed by atoms with Gasteiger partial charge in [-0.3, -0.25) is 34.0 Å². The van der Waals surface area contributed by atoms with E-state index in [2.05, 4.69) is 72.0 Å². The van der Waals surface area contributed by atoms with Gasteiger partial charge in [0, 0.05) is 66.9 Å². The number of benzene rings is 6. The van der Waals surface area contributed by atoms with E-state index in [1.165, 1.54) is 38.5 Å². The van der Waals surface area contributed by atoms with Crippen molar-refractivity contribution in [3.8, 4) is 68.8 Å². The van der Waals surface area contributed by atoms with Gasteiger partial charge < -0.3 is 44.4 Å². The molecule has 3 heterocycles. The molecule has 0 aliphatic carbocycles. The topological polar surface area (TPSA) is 440 Å². The quantitative estimate of drug-likeness (QED) is 0.0143. The summed E-state index contributed by atoms with van der Waals surface area (Å²) >= 11 is 46.3. The van der Waals surface area contributed by atoms with Crippen LogP contribution in [0.4, 0.5) is 31.0 Å². The zero-order chi connectivity index (χ0) is 80.5. The molecular formula is C57H52BBr3Cl8F7N11O20S3. The molecule has 0 atom stereocenters. The molecular weight excluding hydrogens is 1920 g/mol. The first-order valence-electron chi connectivity index (χ1n) is 27.8. The number of nitrogens with zero attached hydrogens (tertiary/aromatic N) is 6. The molecule has 0 amide bonds. The normalized spacial score (nSPS) is 11.0. The van der Waals surface area contributed by atoms with Gasteiger partial charge in [-0.25, -0.2) is 70.7 Å². The lowest BCUT2D eigenvalue weighted by Gasteiger charge is -2.14. The number of nitrogens with one attached hydrogen (secondary N) is 4. The van der Waals surface area contributed by atoms with Gasteiger partial charge in [-0.2, -0.15) is 29.3 Å². The summed E-state index contributed by atoms with van der Waals surface area (Å²) in [5.74, 6) is -1.93. The van der Waals surface area contributed by atoms with Crippen LogP contribution in [0.3, 0.4) is 0 Å². The van der Waals surface area contributed by atoms with Crippen LogP contribution >= 0.6 is 138 Å². The summed E-state index contributed by atoms with van der Waals surface area (Å²) in [5, 5.41) is 28.4. The largest absolute Gasteiger partial charge is 0.507 e. The predicted molar refractivity (Wildman–Crippen MR) is 408 cm³/mol. The lowest BCUT2D eigenvalue weighted by atomic mass is 10.3. The zero-order valence-corrected chi connectivity index (χ0v) is 66.6. The van der Waals surface area contributed by atoms with Crippen molar-refractivity contribution >= 4 is 170 Å². The fraction of sp³-hybridized carbons (Fsp3) is 0.211. The van der Waals surface area contributed by atoms with Gasteiger partial charge >= 0.3 is 20.3 Å². The molecule has 0 bridgehead atoms. The highest BCUT2D eigenvalue weighted by Crippen LogP contribution is 2.43. The number of halogens is 18. The lowest BCUT2D eigenvalue weighted by molar-refractivity contribution is 0.141. The first-order chi connectivity index (χ1) is 49.9. The summed E-state index contributed by atoms with van der Waals surface area (Å²) in [6.45, 7) is 1.34. The number of nitrogens with two attached hydrogens (primary N) is 1. The highest BCUT2D eigenvalue weighted by Gasteiger charge is 2.27. The standard InChI is InChI=1S/C19H16Cl2F2N4O7S.C17H10Cl3F2N3O6S.C16H8Cl3F2N3O6S.C3H9NO.2CH4.BBr3.FH/c1-33-5-4-24-35(31,32)14-8-10(2-3-13(14)28)34-16-11(20)6-9(7-12(16)21)27-19(30)25-18(29)15(26-27)17(22)23;1-30-11-3-2-8(6-12(11)32(20,28)29)31-14-9(18)4-7(5-10(14)19)25-17(27)23-16(26)13(24-25)15(21)22;17-8-3-6(24-16(27)22-15(26)12(23-24)14(20)21)4-9(18)13(8)30-7-1-2-10(25)11(5-7)31(19,28)29;1-5-3-2-4;;;2-1(3)4;/h2-3,6-8,17,24,28H,4-5H2,1H3,(H,25,29,30);2-6,15H,1H3,(H,23,26,27);1-5,14,25H,(H,22,26,27);2-4H2,1H3;2*1H4;;1H. The van der Waals surface area contributed by atoms with Crippen LogP contribution < -0.4 is 63.2 Å². The van der Waals surface area contributed by atoms with Crippen molar-refractivity contribution in [3.05, 3.63) is 201 Å². The molecule has 0 radical (unpaired) electrons. The molecule has 602 valence electrons. The minimum Gasteiger partial charge on any atom is -0.507 e. The monoisotopic (exact) mass is 1970 g/mol. The van der Waals surface area contributed by atoms with Crippen molar-refractivity contribution in [2.75, 3.05) is 47.6 Å². The van der Waals surface area contributed by atoms with Crippen molar-refractivity contribution in [1.29, 1.82) is 0 Å². The maximum atomic E-state index is 13.0. The van der Waals surface area contributed by atoms with E-state index >= 15 is 0 Å². The molecule has 0 unspecified atom stereocenters. The van der Waals surface area contributed by atoms with E-state index < -0.39 is 120 Å². The molecule has 0 fully saturated rings. The Morgan fingerprint density at radius 1 is 0.500 bits per heavy atom. The van der Waals surface area contributed by atoms with Gasteiger partial charge in [0.1, 0.15) is 49.2 Å². The van der Waals surface area contributed by atoms with Crippen molar-refractivity contribution in [1.82, 2.24) is 49.0 Å². The number of hydrogen-bond donors (Lipinski definition) is 7. The third kappa shape index (κ3) is 27.4. The number of rotatable bonds is 22. The number of ether oxygens (including phenoxy) is 6. The van der Waals surface area contributed by atoms with Crippen LogP contribution in [-0.4, -0.2) is 131 Å². The highest BCUT2D eigenvalue weighted by molar-refractivity contribution is 9.69. The van der Waals surface area contributed by atoms with E-state index in [1.54, 1.807) is 22.1 Å². The third-order valence-electron chi connectivity index (χ3n) is 12.3. The number of H-pyrrole nitrogens is 3. The number of hydrogen-bond acceptors (Lipinski definition) is 24. The molecule has 3 aromatic heterocycles. The molecule has 9 aromatic rings. The van der Waals surface area contributed by atoms with Crippen LogP contribution in [0, 0.1) is 0 Å². The summed E-state index contributed by atoms with van der Waals surface area (Å²) in [7, 11) is 2.31. The maximum absolute atomic E-state index is 13.0. The molecule has 0 saturated heterocycles. The Bertz CT molecular complexity index is 5430. The average Bonchev–Trinajstić information content (AvgIpc) is 0.793. The second-order valence-electron chi connectivity index (χ2n) is 19.5. The van der Waals surface area contributed by atoms with E-state index in [1.807, 2.05) is 0 Å². The molecule has 0 saturated carbocycles. The smallest absolute Gasteiger partial charge is 0.369 e. The van der Waals surface area contributed by atoms with Gasteiger partial charge in [-0.05, 0) is 72.8 Å². The molecule has 110 heavy (non-hydrogen) atoms. The van der Waals surface area contributed by atoms with E-state index in [4.69, 9.17) is 120 Å². The first kappa shape index (κ1) is 99.1. The summed E-state index contributed by atoms with van der Waals surface area (Å²) in [4.78, 5) is 74.1. The van der Waals surface area contributed by atoms with Crippen LogP contribution in [0.1, 0.15) is 51.2 Å². The second kappa shape index (κ2) is 43.9. The number of aromatic amines is 3. The Balaban J connectivity index is 0.000000523. The molecule has 8 N–H and O–H groups in total. The average molecular weight is 1970 g/mol. The van der Waals surface area contributed by atoms with Crippen LogP contribution in [0.2, 0.25) is 30.1 Å². The molecule has 53 heteroatoms. The number of aromatic nitrogens is 9. The molecule has 0 aliphatic rings. The minimum absolute atomic E-state index is 0. The number of aromatic hydroxyl groups is 2. The van der Waals surface area contributed by atoms with E-state index in [-0.39, 0.29) is 128 Å². The van der Waals surface area contributed by atoms with Gasteiger partial charge in [-0.15, -0.1) is 47.3 Å². The molecule has 0 spiro atoms. The van der Waals surface area contributed by atoms with Gasteiger partial charge in [0.25, 0.3) is 54.1 Å². The van der Waals surface area contributed by atoms with Gasteiger partial charge in [0.05, 0.1) is 67.5 Å². The summed E-state index contributed by atoms with van der Waals surface area (Å²) < 4.78 is 184. The van der Waals surface area contributed by atoms with Gasteiger partial charge in [0.2, 0.25) is 10.0 Å². The fourth-order valence-corrected chi connectivity index (χ4v) is 12.5. The Morgan fingerprint density at radius 3 is 1.05 bits per heavy atom. The zero-order valence-electron chi connectivity index (χ0n) is 53.4. The SMILES string of the molecule is BrB(Br)Br.C.C.COCCN.COCCNS(=O)(=O)c1cc(Oc2c(Cl)cc(-n3nc(C(F)F)c(=O)[nH]c3=O)cc2Cl)ccc1O.COc1ccc(Oc2c(Cl)cc(-n3nc(C(F)F)c(=O)[nH]c3=O)cc2Cl)cc1S(=O)(=O)Cl.F.O=c1[nH]c(=O)n(-c2cc(Cl)c(Oc3ccc(O)c(S(=O)(=O)Cl)c3)c(Cl)c2)nc1C(F)F. The van der Waals surface area contributed by atoms with E-state index in [0.717, 1.165) is 66.7 Å². The summed E-state index contributed by atoms with van der Waals surface area (Å²) in [6, 6.07) is 16.8. The molecule has 0 aliphatic heterocycles. The van der Waals surface area contributed by atoms with Gasteiger partial charge in [0.15, 0.2) is 34.3 Å². The third-order valence-corrected chi connectivity index (χ3v) is 18.1. The summed E-state index contributed by atoms with van der Waals surface area (Å²) in [6.07, 6.45) is -9.73. The highest BCUT2D eigenvalue weighted by atomic mass is 79.9. The number of methoxy groups -OCH3 is 3. The van der Waals surface area contributed by atoms with Crippen LogP contribution in [-0.2, 0) is 37.6 Å². The van der Waals surface area contributed by atoms with Crippen LogP contribution in [0.5, 0.6) is 51.7 Å². The van der Waals surface area contributed by atoms with Crippen molar-refractivity contribution in [2.45, 2.75) is 48.8 Å². The number of phenolic OH excluding ortho intramolecular Hbond substituents is 2. The van der Waals surface area contributed by atoms with Crippen LogP contribution in [0.15, 0.2) is 134 Å². The Morgan fingerprint density at radius 2 is 0.782 bits per heavy atom.